The second kappa shape index (κ2) is 5.53. The van der Waals surface area contributed by atoms with Crippen LogP contribution in [0.5, 0.6) is 0 Å². The Labute approximate surface area is 98.5 Å². The van der Waals surface area contributed by atoms with Gasteiger partial charge in [0.15, 0.2) is 0 Å². The summed E-state index contributed by atoms with van der Waals surface area (Å²) in [5.74, 6) is 1.20. The van der Waals surface area contributed by atoms with E-state index in [1.165, 1.54) is 12.5 Å². The number of nitrogens with one attached hydrogen (secondary N) is 1. The number of aliphatic hydroxyl groups is 1. The number of anilines is 1. The lowest BCUT2D eigenvalue weighted by Crippen LogP contribution is -2.36. The zero-order chi connectivity index (χ0) is 11.3. The number of nitrogens with zero attached hydrogens (tertiary/aromatic N) is 2. The highest BCUT2D eigenvalue weighted by atomic mass is 35.5. The van der Waals surface area contributed by atoms with Crippen molar-refractivity contribution in [2.24, 2.45) is 0 Å². The van der Waals surface area contributed by atoms with E-state index >= 15 is 0 Å². The molecule has 4 nitrogen and oxygen atoms in total. The Morgan fingerprint density at radius 2 is 2.40 bits per heavy atom. The molecule has 0 fully saturated rings. The predicted octanol–water partition coefficient (Wildman–Crippen LogP) is 1.66. The van der Waals surface area contributed by atoms with Crippen molar-refractivity contribution in [1.82, 2.24) is 9.97 Å². The average Bonchev–Trinajstić information content (AvgIpc) is 2.16. The molecule has 0 saturated heterocycles. The van der Waals surface area contributed by atoms with Crippen molar-refractivity contribution in [3.05, 3.63) is 17.5 Å². The second-order valence-corrected chi connectivity index (χ2v) is 4.78. The molecular formula is C9H14ClN3OS. The second-order valence-electron chi connectivity index (χ2n) is 3.50. The highest BCUT2D eigenvalue weighted by Crippen LogP contribution is 2.18. The summed E-state index contributed by atoms with van der Waals surface area (Å²) in [5, 5.41) is 13.3. The van der Waals surface area contributed by atoms with Crippen LogP contribution in [-0.4, -0.2) is 39.2 Å². The largest absolute Gasteiger partial charge is 0.387 e. The number of hydrogen-bond donors (Lipinski definition) is 2. The zero-order valence-electron chi connectivity index (χ0n) is 8.70. The molecule has 1 heterocycles. The molecule has 0 aromatic carbocycles. The van der Waals surface area contributed by atoms with Gasteiger partial charge in [0.1, 0.15) is 17.2 Å². The maximum absolute atomic E-state index is 9.90. The highest BCUT2D eigenvalue weighted by Gasteiger charge is 2.19. The van der Waals surface area contributed by atoms with Gasteiger partial charge in [0.2, 0.25) is 0 Å². The Kier molecular flexibility index (Phi) is 4.63. The molecule has 1 aromatic heterocycles. The third-order valence-electron chi connectivity index (χ3n) is 1.76. The molecular weight excluding hydrogens is 234 g/mol. The van der Waals surface area contributed by atoms with Crippen LogP contribution in [0.1, 0.15) is 6.92 Å². The fourth-order valence-corrected chi connectivity index (χ4v) is 1.97. The van der Waals surface area contributed by atoms with Crippen molar-refractivity contribution >= 4 is 29.2 Å². The lowest BCUT2D eigenvalue weighted by atomic mass is 10.1. The summed E-state index contributed by atoms with van der Waals surface area (Å²) in [5.41, 5.74) is -0.770. The van der Waals surface area contributed by atoms with Crippen LogP contribution in [-0.2, 0) is 0 Å². The highest BCUT2D eigenvalue weighted by molar-refractivity contribution is 7.98. The van der Waals surface area contributed by atoms with E-state index in [9.17, 15) is 5.11 Å². The van der Waals surface area contributed by atoms with E-state index in [1.807, 2.05) is 6.26 Å². The third kappa shape index (κ3) is 4.24. The average molecular weight is 248 g/mol. The normalized spacial score (nSPS) is 14.7. The van der Waals surface area contributed by atoms with Gasteiger partial charge in [-0.1, -0.05) is 11.6 Å². The van der Waals surface area contributed by atoms with Gasteiger partial charge in [-0.2, -0.15) is 11.8 Å². The molecule has 15 heavy (non-hydrogen) atoms. The van der Waals surface area contributed by atoms with Gasteiger partial charge >= 0.3 is 0 Å². The molecule has 0 aliphatic heterocycles. The Balaban J connectivity index is 2.53. The Morgan fingerprint density at radius 3 is 3.00 bits per heavy atom. The summed E-state index contributed by atoms with van der Waals surface area (Å²) >= 11 is 7.45. The molecule has 0 spiro atoms. The molecule has 0 aliphatic carbocycles. The van der Waals surface area contributed by atoms with E-state index in [4.69, 9.17) is 11.6 Å². The minimum atomic E-state index is -0.770. The summed E-state index contributed by atoms with van der Waals surface area (Å²) in [6.07, 6.45) is 4.88. The van der Waals surface area contributed by atoms with Gasteiger partial charge in [0, 0.05) is 12.3 Å². The fraction of sp³-hybridized carbons (Fsp3) is 0.556. The van der Waals surface area contributed by atoms with Crippen LogP contribution in [0, 0.1) is 0 Å². The molecule has 1 atom stereocenters. The topological polar surface area (TPSA) is 58.0 Å². The quantitative estimate of drug-likeness (QED) is 0.829. The summed E-state index contributed by atoms with van der Waals surface area (Å²) < 4.78 is 0. The van der Waals surface area contributed by atoms with Crippen molar-refractivity contribution in [3.63, 3.8) is 0 Å². The maximum atomic E-state index is 9.90. The molecule has 84 valence electrons. The van der Waals surface area contributed by atoms with Gasteiger partial charge in [0.05, 0.1) is 11.8 Å². The van der Waals surface area contributed by atoms with Crippen molar-refractivity contribution in [1.29, 1.82) is 0 Å². The minimum absolute atomic E-state index is 0.407. The van der Waals surface area contributed by atoms with E-state index in [0.29, 0.717) is 23.1 Å². The lowest BCUT2D eigenvalue weighted by Gasteiger charge is -2.22. The molecule has 1 unspecified atom stereocenters. The molecule has 0 radical (unpaired) electrons. The molecule has 0 amide bonds. The van der Waals surface area contributed by atoms with Gasteiger partial charge in [0.25, 0.3) is 0 Å². The molecule has 1 aromatic rings. The Bertz CT molecular complexity index is 322. The van der Waals surface area contributed by atoms with E-state index in [2.05, 4.69) is 15.3 Å². The number of halogens is 1. The Morgan fingerprint density at radius 1 is 1.67 bits per heavy atom. The first kappa shape index (κ1) is 12.5. The molecule has 1 rings (SSSR count). The maximum Gasteiger partial charge on any atom is 0.148 e. The van der Waals surface area contributed by atoms with Gasteiger partial charge in [-0.15, -0.1) is 0 Å². The van der Waals surface area contributed by atoms with E-state index in [1.54, 1.807) is 18.7 Å². The number of rotatable bonds is 5. The third-order valence-corrected chi connectivity index (χ3v) is 2.95. The van der Waals surface area contributed by atoms with Crippen molar-refractivity contribution in [2.75, 3.05) is 23.9 Å². The first-order valence-electron chi connectivity index (χ1n) is 4.46. The van der Waals surface area contributed by atoms with Crippen LogP contribution in [0.25, 0.3) is 0 Å². The van der Waals surface area contributed by atoms with E-state index < -0.39 is 5.60 Å². The molecule has 0 bridgehead atoms. The predicted molar refractivity (Wildman–Crippen MR) is 64.5 cm³/mol. The zero-order valence-corrected chi connectivity index (χ0v) is 10.3. The SMILES string of the molecule is CSCC(C)(O)CNc1ncncc1Cl. The van der Waals surface area contributed by atoms with E-state index in [0.717, 1.165) is 0 Å². The lowest BCUT2D eigenvalue weighted by molar-refractivity contribution is 0.0996. The van der Waals surface area contributed by atoms with Crippen LogP contribution < -0.4 is 5.32 Å². The minimum Gasteiger partial charge on any atom is -0.387 e. The summed E-state index contributed by atoms with van der Waals surface area (Å²) in [6.45, 7) is 2.18. The summed E-state index contributed by atoms with van der Waals surface area (Å²) in [4.78, 5) is 7.75. The summed E-state index contributed by atoms with van der Waals surface area (Å²) in [7, 11) is 0. The van der Waals surface area contributed by atoms with Gasteiger partial charge in [-0.3, -0.25) is 0 Å². The van der Waals surface area contributed by atoms with Crippen molar-refractivity contribution < 1.29 is 5.11 Å². The summed E-state index contributed by atoms with van der Waals surface area (Å²) in [6, 6.07) is 0. The number of aromatic nitrogens is 2. The molecule has 6 heteroatoms. The number of hydrogen-bond acceptors (Lipinski definition) is 5. The first-order valence-corrected chi connectivity index (χ1v) is 6.23. The van der Waals surface area contributed by atoms with Crippen LogP contribution in [0.4, 0.5) is 5.82 Å². The molecule has 0 saturated carbocycles. The van der Waals surface area contributed by atoms with Gasteiger partial charge in [-0.05, 0) is 13.2 Å². The van der Waals surface area contributed by atoms with Crippen molar-refractivity contribution in [2.45, 2.75) is 12.5 Å². The smallest absolute Gasteiger partial charge is 0.148 e. The number of thioether (sulfide) groups is 1. The van der Waals surface area contributed by atoms with Gasteiger partial charge in [-0.25, -0.2) is 9.97 Å². The standard InChI is InChI=1S/C9H14ClN3OS/c1-9(14,5-15-2)4-12-8-7(10)3-11-6-13-8/h3,6,14H,4-5H2,1-2H3,(H,11,12,13). The van der Waals surface area contributed by atoms with Crippen molar-refractivity contribution in [3.8, 4) is 0 Å². The molecule has 0 aliphatic rings. The van der Waals surface area contributed by atoms with Crippen LogP contribution in [0.15, 0.2) is 12.5 Å². The van der Waals surface area contributed by atoms with E-state index in [-0.39, 0.29) is 0 Å². The molecule has 2 N–H and O–H groups in total. The van der Waals surface area contributed by atoms with Crippen LogP contribution in [0.3, 0.4) is 0 Å². The van der Waals surface area contributed by atoms with Crippen LogP contribution >= 0.6 is 23.4 Å². The first-order chi connectivity index (χ1) is 7.05. The fourth-order valence-electron chi connectivity index (χ4n) is 1.08. The Hall–Kier alpha value is -0.520. The monoisotopic (exact) mass is 247 g/mol. The van der Waals surface area contributed by atoms with Gasteiger partial charge < -0.3 is 10.4 Å². The van der Waals surface area contributed by atoms with Crippen LogP contribution in [0.2, 0.25) is 5.02 Å².